The summed E-state index contributed by atoms with van der Waals surface area (Å²) in [4.78, 5) is 25.2. The molecule has 4 nitrogen and oxygen atoms in total. The zero-order valence-electron chi connectivity index (χ0n) is 11.8. The Hall–Kier alpha value is -1.69. The SMILES string of the molecule is O=C(CC1Sc2ccccc2NC1=O)Nc1cc(Cl)cc(Cl)c1. The molecule has 3 rings (SSSR count). The van der Waals surface area contributed by atoms with Crippen LogP contribution in [0.1, 0.15) is 6.42 Å². The van der Waals surface area contributed by atoms with Gasteiger partial charge in [-0.1, -0.05) is 35.3 Å². The molecular weight excluding hydrogens is 355 g/mol. The maximum atomic E-state index is 12.2. The minimum Gasteiger partial charge on any atom is -0.326 e. The molecule has 1 atom stereocenters. The lowest BCUT2D eigenvalue weighted by atomic mass is 10.2. The molecular formula is C16H12Cl2N2O2S. The quantitative estimate of drug-likeness (QED) is 0.844. The summed E-state index contributed by atoms with van der Waals surface area (Å²) in [6.07, 6.45) is 0.0645. The molecule has 2 N–H and O–H groups in total. The third-order valence-corrected chi connectivity index (χ3v) is 4.94. The first-order valence-electron chi connectivity index (χ1n) is 6.84. The van der Waals surface area contributed by atoms with Crippen LogP contribution in [0.25, 0.3) is 0 Å². The van der Waals surface area contributed by atoms with Gasteiger partial charge in [-0.05, 0) is 30.3 Å². The molecule has 0 radical (unpaired) electrons. The summed E-state index contributed by atoms with van der Waals surface area (Å²) in [7, 11) is 0. The standard InChI is InChI=1S/C16H12Cl2N2O2S/c17-9-5-10(18)7-11(6-9)19-15(21)8-14-16(22)20-12-3-1-2-4-13(12)23-14/h1-7,14H,8H2,(H,19,21)(H,20,22). The van der Waals surface area contributed by atoms with Crippen LogP contribution in [0.2, 0.25) is 10.0 Å². The predicted octanol–water partition coefficient (Wildman–Crippen LogP) is 4.44. The smallest absolute Gasteiger partial charge is 0.238 e. The van der Waals surface area contributed by atoms with Crippen molar-refractivity contribution in [2.45, 2.75) is 16.6 Å². The molecule has 7 heteroatoms. The molecule has 2 aromatic carbocycles. The number of carbonyl (C=O) groups is 2. The number of halogens is 2. The third kappa shape index (κ3) is 3.99. The molecule has 1 unspecified atom stereocenters. The molecule has 1 aliphatic rings. The Morgan fingerprint density at radius 2 is 1.87 bits per heavy atom. The fraction of sp³-hybridized carbons (Fsp3) is 0.125. The van der Waals surface area contributed by atoms with Gasteiger partial charge in [-0.3, -0.25) is 9.59 Å². The Morgan fingerprint density at radius 1 is 1.17 bits per heavy atom. The van der Waals surface area contributed by atoms with Crippen LogP contribution >= 0.6 is 35.0 Å². The van der Waals surface area contributed by atoms with E-state index in [-0.39, 0.29) is 18.2 Å². The van der Waals surface area contributed by atoms with E-state index in [1.54, 1.807) is 18.2 Å². The summed E-state index contributed by atoms with van der Waals surface area (Å²) in [5.74, 6) is -0.441. The maximum absolute atomic E-state index is 12.2. The molecule has 0 saturated heterocycles. The van der Waals surface area contributed by atoms with Gasteiger partial charge in [0.1, 0.15) is 0 Å². The lowest BCUT2D eigenvalue weighted by Crippen LogP contribution is -2.32. The number of amides is 2. The number of rotatable bonds is 3. The average Bonchev–Trinajstić information content (AvgIpc) is 2.46. The van der Waals surface area contributed by atoms with Crippen LogP contribution in [0.4, 0.5) is 11.4 Å². The highest BCUT2D eigenvalue weighted by Crippen LogP contribution is 2.36. The molecule has 0 bridgehead atoms. The van der Waals surface area contributed by atoms with Crippen LogP contribution in [0.5, 0.6) is 0 Å². The number of anilines is 2. The Morgan fingerprint density at radius 3 is 2.61 bits per heavy atom. The summed E-state index contributed by atoms with van der Waals surface area (Å²) in [5.41, 5.74) is 1.29. The minimum atomic E-state index is -0.473. The van der Waals surface area contributed by atoms with Gasteiger partial charge >= 0.3 is 0 Å². The third-order valence-electron chi connectivity index (χ3n) is 3.22. The first kappa shape index (κ1) is 16.2. The van der Waals surface area contributed by atoms with Crippen LogP contribution < -0.4 is 10.6 Å². The van der Waals surface area contributed by atoms with Crippen molar-refractivity contribution < 1.29 is 9.59 Å². The normalized spacial score (nSPS) is 16.4. The van der Waals surface area contributed by atoms with E-state index in [9.17, 15) is 9.59 Å². The van der Waals surface area contributed by atoms with Gasteiger partial charge in [0.2, 0.25) is 11.8 Å². The van der Waals surface area contributed by atoms with Crippen molar-refractivity contribution in [3.05, 3.63) is 52.5 Å². The average molecular weight is 367 g/mol. The molecule has 0 aliphatic carbocycles. The largest absolute Gasteiger partial charge is 0.326 e. The van der Waals surface area contributed by atoms with Crippen molar-refractivity contribution >= 4 is 58.2 Å². The Balaban J connectivity index is 1.67. The fourth-order valence-electron chi connectivity index (χ4n) is 2.23. The van der Waals surface area contributed by atoms with Gasteiger partial charge in [0.05, 0.1) is 10.9 Å². The van der Waals surface area contributed by atoms with Crippen LogP contribution in [0.15, 0.2) is 47.4 Å². The molecule has 118 valence electrons. The summed E-state index contributed by atoms with van der Waals surface area (Å²) >= 11 is 13.2. The molecule has 0 fully saturated rings. The van der Waals surface area contributed by atoms with Gasteiger partial charge in [-0.2, -0.15) is 0 Å². The summed E-state index contributed by atoms with van der Waals surface area (Å²) in [6.45, 7) is 0. The second-order valence-corrected chi connectivity index (χ2v) is 7.12. The van der Waals surface area contributed by atoms with Crippen molar-refractivity contribution in [3.63, 3.8) is 0 Å². The van der Waals surface area contributed by atoms with Crippen molar-refractivity contribution in [2.75, 3.05) is 10.6 Å². The Labute approximate surface area is 147 Å². The van der Waals surface area contributed by atoms with Crippen molar-refractivity contribution in [2.24, 2.45) is 0 Å². The number of carbonyl (C=O) groups excluding carboxylic acids is 2. The zero-order chi connectivity index (χ0) is 16.4. The lowest BCUT2D eigenvalue weighted by Gasteiger charge is -2.23. The highest BCUT2D eigenvalue weighted by molar-refractivity contribution is 8.01. The number of hydrogen-bond donors (Lipinski definition) is 2. The molecule has 1 heterocycles. The summed E-state index contributed by atoms with van der Waals surface area (Å²) in [5, 5.41) is 5.93. The highest BCUT2D eigenvalue weighted by atomic mass is 35.5. The van der Waals surface area contributed by atoms with E-state index >= 15 is 0 Å². The van der Waals surface area contributed by atoms with Gasteiger partial charge in [-0.25, -0.2) is 0 Å². The van der Waals surface area contributed by atoms with Crippen molar-refractivity contribution in [1.82, 2.24) is 0 Å². The van der Waals surface area contributed by atoms with Crippen LogP contribution in [-0.2, 0) is 9.59 Å². The van der Waals surface area contributed by atoms with E-state index in [1.807, 2.05) is 24.3 Å². The first-order chi connectivity index (χ1) is 11.0. The minimum absolute atomic E-state index is 0.0645. The monoisotopic (exact) mass is 366 g/mol. The second-order valence-electron chi connectivity index (χ2n) is 5.00. The van der Waals surface area contributed by atoms with E-state index < -0.39 is 5.25 Å². The van der Waals surface area contributed by atoms with Gasteiger partial charge in [0.25, 0.3) is 0 Å². The number of nitrogens with one attached hydrogen (secondary N) is 2. The first-order valence-corrected chi connectivity index (χ1v) is 8.47. The lowest BCUT2D eigenvalue weighted by molar-refractivity contribution is -0.120. The summed E-state index contributed by atoms with van der Waals surface area (Å²) < 4.78 is 0. The maximum Gasteiger partial charge on any atom is 0.238 e. The van der Waals surface area contributed by atoms with Gasteiger partial charge < -0.3 is 10.6 Å². The van der Waals surface area contributed by atoms with E-state index in [0.29, 0.717) is 15.7 Å². The van der Waals surface area contributed by atoms with Crippen molar-refractivity contribution in [3.8, 4) is 0 Å². The Kier molecular flexibility index (Phi) is 4.80. The molecule has 2 aromatic rings. The van der Waals surface area contributed by atoms with Crippen molar-refractivity contribution in [1.29, 1.82) is 0 Å². The molecule has 0 saturated carbocycles. The van der Waals surface area contributed by atoms with E-state index in [0.717, 1.165) is 10.6 Å². The molecule has 0 aromatic heterocycles. The number of thioether (sulfide) groups is 1. The molecule has 1 aliphatic heterocycles. The number of fused-ring (bicyclic) bond motifs is 1. The van der Waals surface area contributed by atoms with Crippen LogP contribution in [-0.4, -0.2) is 17.1 Å². The van der Waals surface area contributed by atoms with Crippen LogP contribution in [0, 0.1) is 0 Å². The fourth-order valence-corrected chi connectivity index (χ4v) is 3.87. The molecule has 0 spiro atoms. The number of para-hydroxylation sites is 1. The zero-order valence-corrected chi connectivity index (χ0v) is 14.1. The number of hydrogen-bond acceptors (Lipinski definition) is 3. The van der Waals surface area contributed by atoms with Gasteiger partial charge in [0.15, 0.2) is 0 Å². The highest BCUT2D eigenvalue weighted by Gasteiger charge is 2.28. The van der Waals surface area contributed by atoms with Gasteiger partial charge in [0, 0.05) is 27.0 Å². The molecule has 2 amide bonds. The molecule has 23 heavy (non-hydrogen) atoms. The summed E-state index contributed by atoms with van der Waals surface area (Å²) in [6, 6.07) is 12.3. The van der Waals surface area contributed by atoms with E-state index in [1.165, 1.54) is 11.8 Å². The topological polar surface area (TPSA) is 58.2 Å². The van der Waals surface area contributed by atoms with Gasteiger partial charge in [-0.15, -0.1) is 11.8 Å². The van der Waals surface area contributed by atoms with E-state index in [4.69, 9.17) is 23.2 Å². The van der Waals surface area contributed by atoms with Crippen LogP contribution in [0.3, 0.4) is 0 Å². The Bertz CT molecular complexity index is 762. The second kappa shape index (κ2) is 6.83. The van der Waals surface area contributed by atoms with E-state index in [2.05, 4.69) is 10.6 Å². The number of benzene rings is 2. The predicted molar refractivity (Wildman–Crippen MR) is 94.4 cm³/mol.